The Balaban J connectivity index is 0.00000131. The summed E-state index contributed by atoms with van der Waals surface area (Å²) in [7, 11) is 0. The van der Waals surface area contributed by atoms with E-state index in [0.717, 1.165) is 25.0 Å². The van der Waals surface area contributed by atoms with Gasteiger partial charge in [-0.2, -0.15) is 0 Å². The Labute approximate surface area is 198 Å². The predicted octanol–water partition coefficient (Wildman–Crippen LogP) is 3.42. The second-order valence-electron chi connectivity index (χ2n) is 6.82. The molecule has 1 N–H and O–H groups in total. The van der Waals surface area contributed by atoms with Crippen LogP contribution in [0.15, 0.2) is 35.4 Å². The third-order valence-electron chi connectivity index (χ3n) is 5.08. The van der Waals surface area contributed by atoms with Crippen molar-refractivity contribution in [2.24, 2.45) is 5.41 Å². The Hall–Kier alpha value is -0.530. The smallest absolute Gasteiger partial charge is 0.369 e. The fraction of sp³-hybridized carbons (Fsp3) is 0.350. The summed E-state index contributed by atoms with van der Waals surface area (Å²) in [6.07, 6.45) is 6.51. The van der Waals surface area contributed by atoms with Crippen LogP contribution in [0.25, 0.3) is 0 Å². The van der Waals surface area contributed by atoms with Crippen LogP contribution in [0.1, 0.15) is 25.7 Å². The first-order valence-electron chi connectivity index (χ1n) is 8.34. The molecule has 3 nitrogen and oxygen atoms in total. The first-order valence-corrected chi connectivity index (χ1v) is 9.54. The largest absolute Gasteiger partial charge is 1.00 e. The molecule has 1 aliphatic carbocycles. The van der Waals surface area contributed by atoms with Crippen molar-refractivity contribution < 1.29 is 38.3 Å². The second kappa shape index (κ2) is 10.5. The van der Waals surface area contributed by atoms with E-state index in [1.54, 1.807) is 24.4 Å². The van der Waals surface area contributed by atoms with Gasteiger partial charge in [-0.15, -0.1) is 0 Å². The number of rotatable bonds is 4. The monoisotopic (exact) mass is 434 g/mol. The molecular weight excluding hydrogens is 411 g/mol. The van der Waals surface area contributed by atoms with Crippen molar-refractivity contribution in [1.82, 2.24) is 4.98 Å². The average Bonchev–Trinajstić information content (AvgIpc) is 3.08. The van der Waals surface area contributed by atoms with Crippen LogP contribution in [0.5, 0.6) is 0 Å². The zero-order chi connectivity index (χ0) is 17.4. The Bertz CT molecular complexity index is 781. The zero-order valence-corrected chi connectivity index (χ0v) is 20.1. The SMILES string of the molecule is Fc1cc(N2CC3(CCCC3)C2)c(Cl)c(F)c1SNc1ccccn1.[CH3-].[CH3-].[Na+]. The molecular formula is C20H24ClF2N3NaS-. The maximum atomic E-state index is 14.6. The fourth-order valence-corrected chi connectivity index (χ4v) is 4.79. The number of anilines is 2. The molecule has 2 aliphatic rings. The molecule has 1 aromatic heterocycles. The minimum atomic E-state index is -0.725. The van der Waals surface area contributed by atoms with E-state index in [9.17, 15) is 8.78 Å². The van der Waals surface area contributed by atoms with E-state index in [0.29, 0.717) is 16.9 Å². The van der Waals surface area contributed by atoms with Gasteiger partial charge in [-0.25, -0.2) is 13.8 Å². The summed E-state index contributed by atoms with van der Waals surface area (Å²) in [6, 6.07) is 6.63. The van der Waals surface area contributed by atoms with Crippen LogP contribution in [-0.4, -0.2) is 18.1 Å². The van der Waals surface area contributed by atoms with E-state index in [2.05, 4.69) is 9.71 Å². The van der Waals surface area contributed by atoms with Gasteiger partial charge >= 0.3 is 29.6 Å². The molecule has 1 aromatic carbocycles. The van der Waals surface area contributed by atoms with Crippen molar-refractivity contribution in [2.45, 2.75) is 30.6 Å². The van der Waals surface area contributed by atoms with Gasteiger partial charge < -0.3 is 24.5 Å². The summed E-state index contributed by atoms with van der Waals surface area (Å²) in [6.45, 7) is 1.68. The van der Waals surface area contributed by atoms with Crippen LogP contribution in [-0.2, 0) is 0 Å². The fourth-order valence-electron chi connectivity index (χ4n) is 3.79. The average molecular weight is 435 g/mol. The molecule has 0 unspecified atom stereocenters. The third-order valence-corrected chi connectivity index (χ3v) is 6.33. The molecule has 28 heavy (non-hydrogen) atoms. The summed E-state index contributed by atoms with van der Waals surface area (Å²) in [5, 5.41) is -0.0143. The van der Waals surface area contributed by atoms with Gasteiger partial charge in [0.2, 0.25) is 0 Å². The van der Waals surface area contributed by atoms with Gasteiger partial charge in [0, 0.05) is 30.8 Å². The van der Waals surface area contributed by atoms with Crippen molar-refractivity contribution in [1.29, 1.82) is 0 Å². The molecule has 2 aromatic rings. The molecule has 0 radical (unpaired) electrons. The summed E-state index contributed by atoms with van der Waals surface area (Å²) < 4.78 is 32.0. The number of nitrogens with one attached hydrogen (secondary N) is 1. The van der Waals surface area contributed by atoms with E-state index in [1.165, 1.54) is 31.7 Å². The molecule has 2 fully saturated rings. The van der Waals surface area contributed by atoms with Gasteiger partial charge in [0.15, 0.2) is 5.82 Å². The van der Waals surface area contributed by atoms with Crippen LogP contribution < -0.4 is 39.2 Å². The topological polar surface area (TPSA) is 28.2 Å². The first kappa shape index (κ1) is 25.5. The maximum Gasteiger partial charge on any atom is 1.00 e. The minimum absolute atomic E-state index is 0. The van der Waals surface area contributed by atoms with E-state index >= 15 is 0 Å². The number of aromatic nitrogens is 1. The predicted molar refractivity (Wildman–Crippen MR) is 111 cm³/mol. The molecule has 0 amide bonds. The Morgan fingerprint density at radius 3 is 2.43 bits per heavy atom. The minimum Gasteiger partial charge on any atom is -0.369 e. The van der Waals surface area contributed by atoms with Crippen LogP contribution in [0.2, 0.25) is 5.02 Å². The van der Waals surface area contributed by atoms with Crippen LogP contribution in [0.3, 0.4) is 0 Å². The van der Waals surface area contributed by atoms with Gasteiger partial charge in [0.1, 0.15) is 21.6 Å². The Morgan fingerprint density at radius 2 is 1.82 bits per heavy atom. The maximum absolute atomic E-state index is 14.6. The van der Waals surface area contributed by atoms with Crippen molar-refractivity contribution in [3.8, 4) is 0 Å². The zero-order valence-electron chi connectivity index (χ0n) is 16.6. The van der Waals surface area contributed by atoms with Crippen molar-refractivity contribution >= 4 is 35.1 Å². The summed E-state index contributed by atoms with van der Waals surface area (Å²) in [5.74, 6) is -0.812. The molecule has 1 saturated heterocycles. The van der Waals surface area contributed by atoms with Crippen molar-refractivity contribution in [3.63, 3.8) is 0 Å². The van der Waals surface area contributed by atoms with Gasteiger partial charge in [0.05, 0.1) is 5.69 Å². The van der Waals surface area contributed by atoms with Crippen LogP contribution in [0.4, 0.5) is 20.3 Å². The van der Waals surface area contributed by atoms with Gasteiger partial charge in [-0.1, -0.05) is 30.5 Å². The summed E-state index contributed by atoms with van der Waals surface area (Å²) >= 11 is 7.05. The quantitative estimate of drug-likeness (QED) is 0.345. The van der Waals surface area contributed by atoms with Crippen molar-refractivity contribution in [2.75, 3.05) is 22.7 Å². The van der Waals surface area contributed by atoms with E-state index in [4.69, 9.17) is 11.6 Å². The number of pyridine rings is 1. The van der Waals surface area contributed by atoms with Gasteiger partial charge in [0.25, 0.3) is 0 Å². The van der Waals surface area contributed by atoms with Crippen molar-refractivity contribution in [3.05, 3.63) is 62.0 Å². The molecule has 8 heteroatoms. The molecule has 148 valence electrons. The third kappa shape index (κ3) is 4.96. The number of halogens is 3. The molecule has 0 bridgehead atoms. The summed E-state index contributed by atoms with van der Waals surface area (Å²) in [5.41, 5.74) is 0.793. The van der Waals surface area contributed by atoms with Gasteiger partial charge in [-0.05, 0) is 36.9 Å². The van der Waals surface area contributed by atoms with E-state index < -0.39 is 11.6 Å². The first-order chi connectivity index (χ1) is 12.1. The van der Waals surface area contributed by atoms with E-state index in [-0.39, 0.29) is 54.3 Å². The standard InChI is InChI=1S/C18H18ClF2N3S.2CH3.Na/c19-15-13(24-10-18(11-24)6-2-3-7-18)9-12(20)17(16(15)21)25-23-14-5-1-4-8-22-14;;;/h1,4-5,8-9H,2-3,6-7,10-11H2,(H,22,23);2*1H3;/q;2*-1;+1. The van der Waals surface area contributed by atoms with Gasteiger partial charge in [-0.3, -0.25) is 0 Å². The normalized spacial score (nSPS) is 16.5. The number of benzene rings is 1. The molecule has 1 aliphatic heterocycles. The summed E-state index contributed by atoms with van der Waals surface area (Å²) in [4.78, 5) is 5.91. The van der Waals surface area contributed by atoms with Crippen LogP contribution in [0, 0.1) is 31.9 Å². The molecule has 1 saturated carbocycles. The number of hydrogen-bond acceptors (Lipinski definition) is 4. The number of hydrogen-bond donors (Lipinski definition) is 1. The Morgan fingerprint density at radius 1 is 1.14 bits per heavy atom. The Kier molecular flexibility index (Phi) is 9.55. The molecule has 2 heterocycles. The number of nitrogens with zero attached hydrogens (tertiary/aromatic N) is 2. The second-order valence-corrected chi connectivity index (χ2v) is 8.01. The molecule has 0 atom stereocenters. The molecule has 1 spiro atoms. The van der Waals surface area contributed by atoms with Crippen LogP contribution >= 0.6 is 23.5 Å². The van der Waals surface area contributed by atoms with E-state index in [1.807, 2.05) is 4.90 Å². The molecule has 4 rings (SSSR count).